The topological polar surface area (TPSA) is 102 Å². The molecule has 0 bridgehead atoms. The molecule has 0 unspecified atom stereocenters. The average Bonchev–Trinajstić information content (AvgIpc) is 3.13. The summed E-state index contributed by atoms with van der Waals surface area (Å²) >= 11 is 5.80. The van der Waals surface area contributed by atoms with Crippen molar-refractivity contribution in [3.63, 3.8) is 0 Å². The number of benzene rings is 2. The Morgan fingerprint density at radius 3 is 2.54 bits per heavy atom. The molecule has 3 aromatic rings. The van der Waals surface area contributed by atoms with Crippen LogP contribution >= 0.6 is 11.6 Å². The molecule has 9 heteroatoms. The minimum absolute atomic E-state index is 0.0181. The highest BCUT2D eigenvalue weighted by Gasteiger charge is 2.10. The Morgan fingerprint density at radius 1 is 1.19 bits per heavy atom. The number of hydrogen-bond acceptors (Lipinski definition) is 5. The van der Waals surface area contributed by atoms with Gasteiger partial charge in [0.25, 0.3) is 11.6 Å². The highest BCUT2D eigenvalue weighted by Crippen LogP contribution is 2.15. The Morgan fingerprint density at radius 2 is 1.88 bits per heavy atom. The van der Waals surface area contributed by atoms with Gasteiger partial charge in [-0.25, -0.2) is 10.1 Å². The summed E-state index contributed by atoms with van der Waals surface area (Å²) in [6.45, 7) is 0. The van der Waals surface area contributed by atoms with Crippen LogP contribution in [0.25, 0.3) is 5.69 Å². The lowest BCUT2D eigenvalue weighted by Gasteiger charge is -2.00. The molecule has 2 aromatic carbocycles. The average molecular weight is 370 g/mol. The number of carbonyl (C=O) groups is 1. The molecular formula is C17H12ClN5O3. The number of nitrogens with one attached hydrogen (secondary N) is 1. The molecule has 0 aliphatic heterocycles. The lowest BCUT2D eigenvalue weighted by molar-refractivity contribution is -0.384. The summed E-state index contributed by atoms with van der Waals surface area (Å²) in [5.41, 5.74) is 4.07. The second kappa shape index (κ2) is 7.58. The summed E-state index contributed by atoms with van der Waals surface area (Å²) in [5.74, 6) is -0.427. The van der Waals surface area contributed by atoms with E-state index in [1.807, 2.05) is 0 Å². The lowest BCUT2D eigenvalue weighted by Crippen LogP contribution is -2.16. The minimum atomic E-state index is -0.482. The van der Waals surface area contributed by atoms with E-state index in [0.29, 0.717) is 16.3 Å². The number of hydrogen-bond donors (Lipinski definition) is 1. The maximum atomic E-state index is 12.1. The highest BCUT2D eigenvalue weighted by molar-refractivity contribution is 6.30. The van der Waals surface area contributed by atoms with Crippen LogP contribution in [0.4, 0.5) is 5.69 Å². The molecule has 130 valence electrons. The Bertz CT molecular complexity index is 965. The first kappa shape index (κ1) is 17.3. The molecule has 0 fully saturated rings. The van der Waals surface area contributed by atoms with E-state index in [0.717, 1.165) is 5.56 Å². The van der Waals surface area contributed by atoms with Gasteiger partial charge in [0, 0.05) is 23.4 Å². The van der Waals surface area contributed by atoms with Crippen molar-refractivity contribution in [3.05, 3.63) is 87.2 Å². The molecule has 1 heterocycles. The van der Waals surface area contributed by atoms with Crippen molar-refractivity contribution >= 4 is 29.4 Å². The molecule has 0 saturated carbocycles. The van der Waals surface area contributed by atoms with Gasteiger partial charge in [0.05, 0.1) is 28.6 Å². The van der Waals surface area contributed by atoms with Gasteiger partial charge in [-0.15, -0.1) is 0 Å². The Balaban J connectivity index is 1.65. The van der Waals surface area contributed by atoms with Gasteiger partial charge in [-0.05, 0) is 29.8 Å². The van der Waals surface area contributed by atoms with Crippen molar-refractivity contribution in [2.75, 3.05) is 0 Å². The molecule has 26 heavy (non-hydrogen) atoms. The molecule has 0 atom stereocenters. The van der Waals surface area contributed by atoms with Gasteiger partial charge in [0.2, 0.25) is 0 Å². The predicted molar refractivity (Wildman–Crippen MR) is 96.7 cm³/mol. The number of non-ortho nitro benzene ring substituents is 1. The van der Waals surface area contributed by atoms with Crippen molar-refractivity contribution in [1.29, 1.82) is 0 Å². The molecule has 1 N–H and O–H groups in total. The van der Waals surface area contributed by atoms with E-state index in [1.54, 1.807) is 36.4 Å². The first-order chi connectivity index (χ1) is 12.5. The third-order valence-electron chi connectivity index (χ3n) is 3.42. The molecule has 0 saturated heterocycles. The van der Waals surface area contributed by atoms with Gasteiger partial charge in [-0.1, -0.05) is 23.7 Å². The molecule has 0 radical (unpaired) electrons. The van der Waals surface area contributed by atoms with E-state index in [4.69, 9.17) is 11.6 Å². The summed E-state index contributed by atoms with van der Waals surface area (Å²) in [4.78, 5) is 22.3. The van der Waals surface area contributed by atoms with Crippen molar-refractivity contribution in [2.45, 2.75) is 0 Å². The van der Waals surface area contributed by atoms with Gasteiger partial charge in [0.15, 0.2) is 0 Å². The van der Waals surface area contributed by atoms with Crippen LogP contribution < -0.4 is 5.43 Å². The van der Waals surface area contributed by atoms with Crippen molar-refractivity contribution in [3.8, 4) is 5.69 Å². The Hall–Kier alpha value is -3.52. The fraction of sp³-hybridized carbons (Fsp3) is 0. The van der Waals surface area contributed by atoms with E-state index in [1.165, 1.54) is 35.4 Å². The van der Waals surface area contributed by atoms with Crippen LogP contribution in [0.3, 0.4) is 0 Å². The number of halogens is 1. The Kier molecular flexibility index (Phi) is 5.04. The summed E-state index contributed by atoms with van der Waals surface area (Å²) < 4.78 is 1.45. The normalized spacial score (nSPS) is 10.8. The lowest BCUT2D eigenvalue weighted by atomic mass is 10.2. The quantitative estimate of drug-likeness (QED) is 0.423. The number of nitro groups is 1. The number of rotatable bonds is 5. The number of nitro benzene ring substituents is 1. The molecule has 0 aliphatic rings. The zero-order chi connectivity index (χ0) is 18.5. The fourth-order valence-corrected chi connectivity index (χ4v) is 2.21. The second-order valence-corrected chi connectivity index (χ2v) is 5.63. The molecule has 0 spiro atoms. The monoisotopic (exact) mass is 369 g/mol. The number of carbonyl (C=O) groups excluding carboxylic acids is 1. The number of hydrazone groups is 1. The van der Waals surface area contributed by atoms with E-state index >= 15 is 0 Å². The zero-order valence-corrected chi connectivity index (χ0v) is 14.0. The van der Waals surface area contributed by atoms with Crippen molar-refractivity contribution < 1.29 is 9.72 Å². The Labute approximate surface area is 152 Å². The maximum Gasteiger partial charge on any atom is 0.274 e. The first-order valence-corrected chi connectivity index (χ1v) is 7.79. The second-order valence-electron chi connectivity index (χ2n) is 5.20. The summed E-state index contributed by atoms with van der Waals surface area (Å²) in [6.07, 6.45) is 4.39. The highest BCUT2D eigenvalue weighted by atomic mass is 35.5. The van der Waals surface area contributed by atoms with Crippen molar-refractivity contribution in [1.82, 2.24) is 15.2 Å². The van der Waals surface area contributed by atoms with Crippen LogP contribution in [0, 0.1) is 10.1 Å². The maximum absolute atomic E-state index is 12.1. The van der Waals surface area contributed by atoms with Crippen LogP contribution in [0.5, 0.6) is 0 Å². The van der Waals surface area contributed by atoms with Crippen molar-refractivity contribution in [2.24, 2.45) is 5.10 Å². The molecule has 3 rings (SSSR count). The third-order valence-corrected chi connectivity index (χ3v) is 3.67. The summed E-state index contributed by atoms with van der Waals surface area (Å²) in [6, 6.07) is 12.8. The van der Waals surface area contributed by atoms with Crippen LogP contribution in [-0.2, 0) is 0 Å². The fourth-order valence-electron chi connectivity index (χ4n) is 2.09. The van der Waals surface area contributed by atoms with Gasteiger partial charge in [-0.3, -0.25) is 14.9 Å². The SMILES string of the molecule is O=C(N/N=C\c1ccc(Cl)cc1)c1cnn(-c2ccc([N+](=O)[O-])cc2)c1. The van der Waals surface area contributed by atoms with Crippen LogP contribution in [0.1, 0.15) is 15.9 Å². The number of amides is 1. The molecule has 1 amide bonds. The standard InChI is InChI=1S/C17H12ClN5O3/c18-14-3-1-12(2-4-14)9-19-21-17(24)13-10-20-22(11-13)15-5-7-16(8-6-15)23(25)26/h1-11H,(H,21,24)/b19-9-. The predicted octanol–water partition coefficient (Wildman–Crippen LogP) is 3.20. The van der Waals surface area contributed by atoms with E-state index in [-0.39, 0.29) is 5.69 Å². The first-order valence-electron chi connectivity index (χ1n) is 7.41. The molecule has 1 aromatic heterocycles. The largest absolute Gasteiger partial charge is 0.274 e. The van der Waals surface area contributed by atoms with Gasteiger partial charge in [-0.2, -0.15) is 10.2 Å². The molecule has 8 nitrogen and oxygen atoms in total. The van der Waals surface area contributed by atoms with Gasteiger partial charge in [0.1, 0.15) is 0 Å². The van der Waals surface area contributed by atoms with Crippen LogP contribution in [-0.4, -0.2) is 26.8 Å². The van der Waals surface area contributed by atoms with Crippen LogP contribution in [0.15, 0.2) is 66.0 Å². The van der Waals surface area contributed by atoms with Crippen LogP contribution in [0.2, 0.25) is 5.02 Å². The van der Waals surface area contributed by atoms with E-state index < -0.39 is 10.8 Å². The molecular weight excluding hydrogens is 358 g/mol. The summed E-state index contributed by atoms with van der Waals surface area (Å²) in [5, 5.41) is 19.2. The van der Waals surface area contributed by atoms with E-state index in [2.05, 4.69) is 15.6 Å². The smallest absolute Gasteiger partial charge is 0.267 e. The zero-order valence-electron chi connectivity index (χ0n) is 13.2. The molecule has 0 aliphatic carbocycles. The third kappa shape index (κ3) is 4.11. The van der Waals surface area contributed by atoms with E-state index in [9.17, 15) is 14.9 Å². The summed E-state index contributed by atoms with van der Waals surface area (Å²) in [7, 11) is 0. The van der Waals surface area contributed by atoms with Gasteiger partial charge >= 0.3 is 0 Å². The minimum Gasteiger partial charge on any atom is -0.267 e. The van der Waals surface area contributed by atoms with Gasteiger partial charge < -0.3 is 0 Å². The number of nitrogens with zero attached hydrogens (tertiary/aromatic N) is 4. The number of aromatic nitrogens is 2.